The molecule has 1 aromatic carbocycles. The highest BCUT2D eigenvalue weighted by Gasteiger charge is 2.38. The minimum absolute atomic E-state index is 0.104. The first kappa shape index (κ1) is 11.5. The second-order valence-corrected chi connectivity index (χ2v) is 5.80. The summed E-state index contributed by atoms with van der Waals surface area (Å²) in [6.45, 7) is 6.51. The van der Waals surface area contributed by atoms with Crippen LogP contribution in [0.15, 0.2) is 24.3 Å². The number of nitrogens with one attached hydrogen (secondary N) is 1. The van der Waals surface area contributed by atoms with E-state index in [0.717, 1.165) is 17.4 Å². The Bertz CT molecular complexity index is 585. The van der Waals surface area contributed by atoms with Crippen LogP contribution in [0, 0.1) is 12.8 Å². The van der Waals surface area contributed by atoms with Gasteiger partial charge >= 0.3 is 0 Å². The zero-order chi connectivity index (χ0) is 12.8. The molecule has 0 saturated heterocycles. The molecule has 1 aromatic heterocycles. The highest BCUT2D eigenvalue weighted by atomic mass is 15.2. The monoisotopic (exact) mass is 241 g/mol. The van der Waals surface area contributed by atoms with Gasteiger partial charge in [0.15, 0.2) is 5.82 Å². The maximum Gasteiger partial charge on any atom is 0.157 e. The number of hydrogen-bond donors (Lipinski definition) is 1. The highest BCUT2D eigenvalue weighted by Crippen LogP contribution is 2.41. The number of aromatic nitrogens is 2. The van der Waals surface area contributed by atoms with Crippen LogP contribution in [0.2, 0.25) is 0 Å². The molecule has 0 radical (unpaired) electrons. The first-order valence-electron chi connectivity index (χ1n) is 6.58. The van der Waals surface area contributed by atoms with E-state index in [-0.39, 0.29) is 5.54 Å². The van der Waals surface area contributed by atoms with Crippen molar-refractivity contribution in [3.63, 3.8) is 0 Å². The number of nitrogens with zero attached hydrogens (tertiary/aromatic N) is 2. The molecule has 0 spiro atoms. The zero-order valence-electron chi connectivity index (χ0n) is 11.2. The molecule has 0 atom stereocenters. The van der Waals surface area contributed by atoms with Crippen molar-refractivity contribution in [2.45, 2.75) is 39.2 Å². The van der Waals surface area contributed by atoms with E-state index in [1.807, 2.05) is 13.0 Å². The third kappa shape index (κ3) is 1.94. The molecule has 3 nitrogen and oxygen atoms in total. The van der Waals surface area contributed by atoms with Gasteiger partial charge in [-0.25, -0.2) is 0 Å². The number of benzene rings is 1. The van der Waals surface area contributed by atoms with Crippen molar-refractivity contribution in [1.82, 2.24) is 10.2 Å². The van der Waals surface area contributed by atoms with E-state index in [0.29, 0.717) is 0 Å². The lowest BCUT2D eigenvalue weighted by Crippen LogP contribution is -2.33. The van der Waals surface area contributed by atoms with Crippen LogP contribution in [0.4, 0.5) is 5.82 Å². The number of anilines is 1. The molecule has 3 heteroatoms. The van der Waals surface area contributed by atoms with E-state index in [9.17, 15) is 0 Å². The highest BCUT2D eigenvalue weighted by molar-refractivity contribution is 5.93. The van der Waals surface area contributed by atoms with E-state index in [4.69, 9.17) is 0 Å². The summed E-state index contributed by atoms with van der Waals surface area (Å²) in [6.07, 6.45) is 2.63. The Kier molecular flexibility index (Phi) is 2.51. The fourth-order valence-electron chi connectivity index (χ4n) is 2.54. The quantitative estimate of drug-likeness (QED) is 0.893. The molecule has 1 fully saturated rings. The van der Waals surface area contributed by atoms with Gasteiger partial charge in [-0.05, 0) is 39.5 Å². The average Bonchev–Trinajstić information content (AvgIpc) is 3.17. The summed E-state index contributed by atoms with van der Waals surface area (Å²) in [5, 5.41) is 14.5. The molecule has 0 bridgehead atoms. The molecule has 94 valence electrons. The Hall–Kier alpha value is -1.64. The lowest BCUT2D eigenvalue weighted by atomic mass is 9.98. The number of fused-ring (bicyclic) bond motifs is 1. The maximum atomic E-state index is 4.34. The van der Waals surface area contributed by atoms with Gasteiger partial charge in [0.05, 0.1) is 5.69 Å². The second kappa shape index (κ2) is 3.94. The molecule has 0 amide bonds. The van der Waals surface area contributed by atoms with E-state index >= 15 is 0 Å². The van der Waals surface area contributed by atoms with Gasteiger partial charge in [-0.3, -0.25) is 0 Å². The standard InChI is InChI=1S/C15H19N3/c1-10-12-6-4-5-7-13(12)14(18-17-10)16-15(2,3)11-8-9-11/h4-7,11H,8-9H2,1-3H3,(H,16,18). The van der Waals surface area contributed by atoms with Gasteiger partial charge in [0, 0.05) is 16.3 Å². The van der Waals surface area contributed by atoms with Crippen LogP contribution in [-0.4, -0.2) is 15.7 Å². The molecule has 1 aliphatic carbocycles. The number of rotatable bonds is 3. The van der Waals surface area contributed by atoms with Crippen molar-refractivity contribution in [1.29, 1.82) is 0 Å². The molecule has 1 N–H and O–H groups in total. The van der Waals surface area contributed by atoms with Gasteiger partial charge in [0.1, 0.15) is 0 Å². The van der Waals surface area contributed by atoms with Crippen LogP contribution in [0.1, 0.15) is 32.4 Å². The van der Waals surface area contributed by atoms with Crippen molar-refractivity contribution < 1.29 is 0 Å². The van der Waals surface area contributed by atoms with Crippen LogP contribution < -0.4 is 5.32 Å². The molecule has 0 aliphatic heterocycles. The first-order chi connectivity index (χ1) is 8.58. The Labute approximate surface area is 108 Å². The third-order valence-corrected chi connectivity index (χ3v) is 3.91. The van der Waals surface area contributed by atoms with Gasteiger partial charge in [-0.1, -0.05) is 24.3 Å². The minimum atomic E-state index is 0.104. The van der Waals surface area contributed by atoms with Crippen LogP contribution in [0.5, 0.6) is 0 Å². The molecular weight excluding hydrogens is 222 g/mol. The van der Waals surface area contributed by atoms with Gasteiger partial charge in [0.2, 0.25) is 0 Å². The normalized spacial score (nSPS) is 15.9. The summed E-state index contributed by atoms with van der Waals surface area (Å²) in [7, 11) is 0. The fraction of sp³-hybridized carbons (Fsp3) is 0.467. The molecule has 1 aliphatic rings. The third-order valence-electron chi connectivity index (χ3n) is 3.91. The zero-order valence-corrected chi connectivity index (χ0v) is 11.2. The molecular formula is C15H19N3. The van der Waals surface area contributed by atoms with E-state index in [1.165, 1.54) is 23.6 Å². The number of hydrogen-bond acceptors (Lipinski definition) is 3. The predicted octanol–water partition coefficient (Wildman–Crippen LogP) is 3.54. The van der Waals surface area contributed by atoms with Crippen molar-refractivity contribution in [2.75, 3.05) is 5.32 Å². The smallest absolute Gasteiger partial charge is 0.157 e. The molecule has 3 rings (SSSR count). The van der Waals surface area contributed by atoms with E-state index in [2.05, 4.69) is 47.6 Å². The van der Waals surface area contributed by atoms with Crippen molar-refractivity contribution in [2.24, 2.45) is 5.92 Å². The number of aryl methyl sites for hydroxylation is 1. The maximum absolute atomic E-state index is 4.34. The molecule has 2 aromatic rings. The van der Waals surface area contributed by atoms with Crippen LogP contribution in [0.3, 0.4) is 0 Å². The van der Waals surface area contributed by atoms with Gasteiger partial charge in [0.25, 0.3) is 0 Å². The van der Waals surface area contributed by atoms with Crippen LogP contribution >= 0.6 is 0 Å². The average molecular weight is 241 g/mol. The van der Waals surface area contributed by atoms with Gasteiger partial charge in [-0.2, -0.15) is 5.10 Å². The second-order valence-electron chi connectivity index (χ2n) is 5.80. The molecule has 18 heavy (non-hydrogen) atoms. The Morgan fingerprint density at radius 1 is 1.11 bits per heavy atom. The first-order valence-corrected chi connectivity index (χ1v) is 6.58. The lowest BCUT2D eigenvalue weighted by Gasteiger charge is -2.27. The predicted molar refractivity (Wildman–Crippen MR) is 74.7 cm³/mol. The molecule has 1 saturated carbocycles. The van der Waals surface area contributed by atoms with E-state index in [1.54, 1.807) is 0 Å². The summed E-state index contributed by atoms with van der Waals surface area (Å²) >= 11 is 0. The van der Waals surface area contributed by atoms with E-state index < -0.39 is 0 Å². The van der Waals surface area contributed by atoms with Crippen LogP contribution in [0.25, 0.3) is 10.8 Å². The van der Waals surface area contributed by atoms with Crippen LogP contribution in [-0.2, 0) is 0 Å². The summed E-state index contributed by atoms with van der Waals surface area (Å²) in [4.78, 5) is 0. The Balaban J connectivity index is 2.04. The van der Waals surface area contributed by atoms with Gasteiger partial charge in [-0.15, -0.1) is 5.10 Å². The minimum Gasteiger partial charge on any atom is -0.363 e. The fourth-order valence-corrected chi connectivity index (χ4v) is 2.54. The lowest BCUT2D eigenvalue weighted by molar-refractivity contribution is 0.492. The topological polar surface area (TPSA) is 37.8 Å². The summed E-state index contributed by atoms with van der Waals surface area (Å²) in [6, 6.07) is 8.32. The summed E-state index contributed by atoms with van der Waals surface area (Å²) < 4.78 is 0. The molecule has 0 unspecified atom stereocenters. The largest absolute Gasteiger partial charge is 0.363 e. The Morgan fingerprint density at radius 2 is 1.78 bits per heavy atom. The van der Waals surface area contributed by atoms with Crippen molar-refractivity contribution in [3.05, 3.63) is 30.0 Å². The van der Waals surface area contributed by atoms with Gasteiger partial charge < -0.3 is 5.32 Å². The summed E-state index contributed by atoms with van der Waals surface area (Å²) in [5.41, 5.74) is 1.09. The van der Waals surface area contributed by atoms with Crippen molar-refractivity contribution >= 4 is 16.6 Å². The Morgan fingerprint density at radius 3 is 2.44 bits per heavy atom. The SMILES string of the molecule is Cc1nnc(NC(C)(C)C2CC2)c2ccccc12. The molecule has 1 heterocycles. The summed E-state index contributed by atoms with van der Waals surface area (Å²) in [5.74, 6) is 1.67. The van der Waals surface area contributed by atoms with Crippen molar-refractivity contribution in [3.8, 4) is 0 Å².